The van der Waals surface area contributed by atoms with Crippen molar-refractivity contribution in [2.45, 2.75) is 39.7 Å². The maximum atomic E-state index is 11.8. The number of nitro benzene ring substituents is 1. The van der Waals surface area contributed by atoms with Crippen molar-refractivity contribution in [2.24, 2.45) is 5.92 Å². The summed E-state index contributed by atoms with van der Waals surface area (Å²) in [5.74, 6) is 0.595. The largest absolute Gasteiger partial charge is 0.482 e. The van der Waals surface area contributed by atoms with Gasteiger partial charge in [-0.15, -0.1) is 0 Å². The van der Waals surface area contributed by atoms with Gasteiger partial charge in [0, 0.05) is 18.2 Å². The van der Waals surface area contributed by atoms with Gasteiger partial charge in [-0.05, 0) is 31.7 Å². The number of nitrogens with zero attached hydrogens (tertiary/aromatic N) is 1. The van der Waals surface area contributed by atoms with Crippen LogP contribution in [0.15, 0.2) is 18.2 Å². The molecule has 1 aromatic rings. The topological polar surface area (TPSA) is 81.5 Å². The van der Waals surface area contributed by atoms with E-state index in [9.17, 15) is 14.9 Å². The second-order valence-electron chi connectivity index (χ2n) is 5.60. The van der Waals surface area contributed by atoms with Crippen LogP contribution in [0.25, 0.3) is 0 Å². The number of rotatable bonds is 8. The molecule has 7 heteroatoms. The van der Waals surface area contributed by atoms with Crippen LogP contribution in [0.1, 0.15) is 33.6 Å². The van der Waals surface area contributed by atoms with Crippen LogP contribution in [0.2, 0.25) is 5.02 Å². The van der Waals surface area contributed by atoms with E-state index >= 15 is 0 Å². The van der Waals surface area contributed by atoms with Gasteiger partial charge in [0.1, 0.15) is 5.75 Å². The molecule has 0 heterocycles. The standard InChI is InChI=1S/C15H21ClN2O4/c1-10(2)4-5-11(3)17-15(19)9-22-14-7-6-12(18(20)21)8-13(14)16/h6-8,10-11H,4-5,9H2,1-3H3,(H,17,19). The zero-order chi connectivity index (χ0) is 16.7. The fourth-order valence-electron chi connectivity index (χ4n) is 1.84. The van der Waals surface area contributed by atoms with E-state index in [4.69, 9.17) is 16.3 Å². The van der Waals surface area contributed by atoms with E-state index in [1.165, 1.54) is 18.2 Å². The van der Waals surface area contributed by atoms with Gasteiger partial charge in [0.05, 0.1) is 9.95 Å². The third-order valence-electron chi connectivity index (χ3n) is 3.07. The quantitative estimate of drug-likeness (QED) is 0.584. The van der Waals surface area contributed by atoms with Crippen molar-refractivity contribution in [3.05, 3.63) is 33.3 Å². The number of halogens is 1. The maximum Gasteiger partial charge on any atom is 0.271 e. The number of benzene rings is 1. The number of nitro groups is 1. The van der Waals surface area contributed by atoms with Crippen molar-refractivity contribution in [1.82, 2.24) is 5.32 Å². The summed E-state index contributed by atoms with van der Waals surface area (Å²) in [6.45, 7) is 6.03. The van der Waals surface area contributed by atoms with Gasteiger partial charge < -0.3 is 10.1 Å². The summed E-state index contributed by atoms with van der Waals surface area (Å²) < 4.78 is 5.29. The van der Waals surface area contributed by atoms with Crippen LogP contribution in [-0.2, 0) is 4.79 Å². The summed E-state index contributed by atoms with van der Waals surface area (Å²) in [6.07, 6.45) is 1.94. The molecule has 0 aliphatic carbocycles. The van der Waals surface area contributed by atoms with Gasteiger partial charge in [-0.3, -0.25) is 14.9 Å². The zero-order valence-electron chi connectivity index (χ0n) is 13.0. The average Bonchev–Trinajstić information content (AvgIpc) is 2.43. The Balaban J connectivity index is 2.45. The molecule has 1 amide bonds. The number of ether oxygens (including phenoxy) is 1. The highest BCUT2D eigenvalue weighted by Gasteiger charge is 2.13. The molecule has 0 saturated heterocycles. The van der Waals surface area contributed by atoms with Crippen molar-refractivity contribution in [1.29, 1.82) is 0 Å². The van der Waals surface area contributed by atoms with Gasteiger partial charge in [0.25, 0.3) is 11.6 Å². The molecule has 1 unspecified atom stereocenters. The minimum absolute atomic E-state index is 0.0748. The van der Waals surface area contributed by atoms with Crippen molar-refractivity contribution >= 4 is 23.2 Å². The molecular formula is C15H21ClN2O4. The van der Waals surface area contributed by atoms with Crippen LogP contribution >= 0.6 is 11.6 Å². The molecular weight excluding hydrogens is 308 g/mol. The third kappa shape index (κ3) is 6.30. The second kappa shape index (κ2) is 8.58. The van der Waals surface area contributed by atoms with E-state index in [1.807, 2.05) is 6.92 Å². The Morgan fingerprint density at radius 3 is 2.59 bits per heavy atom. The SMILES string of the molecule is CC(C)CCC(C)NC(=O)COc1ccc([N+](=O)[O-])cc1Cl. The molecule has 1 rings (SSSR count). The maximum absolute atomic E-state index is 11.8. The number of non-ortho nitro benzene ring substituents is 1. The fourth-order valence-corrected chi connectivity index (χ4v) is 2.07. The Morgan fingerprint density at radius 1 is 1.36 bits per heavy atom. The highest BCUT2D eigenvalue weighted by atomic mass is 35.5. The Labute approximate surface area is 134 Å². The molecule has 1 atom stereocenters. The summed E-state index contributed by atoms with van der Waals surface area (Å²) in [6, 6.07) is 3.94. The molecule has 0 aliphatic heterocycles. The summed E-state index contributed by atoms with van der Waals surface area (Å²) in [5, 5.41) is 13.5. The molecule has 122 valence electrons. The lowest BCUT2D eigenvalue weighted by atomic mass is 10.0. The molecule has 22 heavy (non-hydrogen) atoms. The van der Waals surface area contributed by atoms with Crippen molar-refractivity contribution < 1.29 is 14.5 Å². The minimum Gasteiger partial charge on any atom is -0.482 e. The van der Waals surface area contributed by atoms with Gasteiger partial charge in [0.15, 0.2) is 6.61 Å². The zero-order valence-corrected chi connectivity index (χ0v) is 13.7. The third-order valence-corrected chi connectivity index (χ3v) is 3.36. The Kier molecular flexibility index (Phi) is 7.11. The van der Waals surface area contributed by atoms with E-state index in [1.54, 1.807) is 0 Å². The monoisotopic (exact) mass is 328 g/mol. The number of carbonyl (C=O) groups excluding carboxylic acids is 1. The molecule has 1 N–H and O–H groups in total. The van der Waals surface area contributed by atoms with Crippen molar-refractivity contribution in [2.75, 3.05) is 6.61 Å². The van der Waals surface area contributed by atoms with Gasteiger partial charge in [0.2, 0.25) is 0 Å². The lowest BCUT2D eigenvalue weighted by Gasteiger charge is -2.15. The van der Waals surface area contributed by atoms with Gasteiger partial charge in [-0.25, -0.2) is 0 Å². The Morgan fingerprint density at radius 2 is 2.05 bits per heavy atom. The summed E-state index contributed by atoms with van der Waals surface area (Å²) in [7, 11) is 0. The summed E-state index contributed by atoms with van der Waals surface area (Å²) in [4.78, 5) is 21.8. The van der Waals surface area contributed by atoms with Crippen LogP contribution in [0.5, 0.6) is 5.75 Å². The highest BCUT2D eigenvalue weighted by Crippen LogP contribution is 2.28. The predicted octanol–water partition coefficient (Wildman–Crippen LogP) is 3.57. The first-order chi connectivity index (χ1) is 10.3. The number of hydrogen-bond donors (Lipinski definition) is 1. The van der Waals surface area contributed by atoms with Crippen molar-refractivity contribution in [3.63, 3.8) is 0 Å². The van der Waals surface area contributed by atoms with E-state index in [0.29, 0.717) is 5.92 Å². The lowest BCUT2D eigenvalue weighted by Crippen LogP contribution is -2.36. The number of amides is 1. The normalized spacial score (nSPS) is 12.0. The average molecular weight is 329 g/mol. The van der Waals surface area contributed by atoms with Crippen LogP contribution in [0.3, 0.4) is 0 Å². The van der Waals surface area contributed by atoms with Crippen LogP contribution in [0, 0.1) is 16.0 Å². The van der Waals surface area contributed by atoms with Gasteiger partial charge >= 0.3 is 0 Å². The first-order valence-electron chi connectivity index (χ1n) is 7.15. The Hall–Kier alpha value is -1.82. The fraction of sp³-hybridized carbons (Fsp3) is 0.533. The minimum atomic E-state index is -0.543. The lowest BCUT2D eigenvalue weighted by molar-refractivity contribution is -0.384. The smallest absolute Gasteiger partial charge is 0.271 e. The molecule has 0 bridgehead atoms. The molecule has 0 spiro atoms. The van der Waals surface area contributed by atoms with E-state index in [2.05, 4.69) is 19.2 Å². The first kappa shape index (κ1) is 18.2. The van der Waals surface area contributed by atoms with Crippen LogP contribution in [0.4, 0.5) is 5.69 Å². The molecule has 0 aromatic heterocycles. The molecule has 0 saturated carbocycles. The first-order valence-corrected chi connectivity index (χ1v) is 7.53. The van der Waals surface area contributed by atoms with Gasteiger partial charge in [-0.2, -0.15) is 0 Å². The number of hydrogen-bond acceptors (Lipinski definition) is 4. The Bertz CT molecular complexity index is 534. The summed E-state index contributed by atoms with van der Waals surface area (Å²) >= 11 is 5.89. The highest BCUT2D eigenvalue weighted by molar-refractivity contribution is 6.32. The molecule has 6 nitrogen and oxygen atoms in total. The molecule has 0 aliphatic rings. The number of nitrogens with one attached hydrogen (secondary N) is 1. The second-order valence-corrected chi connectivity index (χ2v) is 6.01. The van der Waals surface area contributed by atoms with Crippen LogP contribution < -0.4 is 10.1 Å². The summed E-state index contributed by atoms with van der Waals surface area (Å²) in [5.41, 5.74) is -0.121. The predicted molar refractivity (Wildman–Crippen MR) is 85.3 cm³/mol. The van der Waals surface area contributed by atoms with E-state index in [0.717, 1.165) is 12.8 Å². The van der Waals surface area contributed by atoms with E-state index < -0.39 is 4.92 Å². The molecule has 1 aromatic carbocycles. The van der Waals surface area contributed by atoms with Crippen molar-refractivity contribution in [3.8, 4) is 5.75 Å². The molecule has 0 fully saturated rings. The molecule has 0 radical (unpaired) electrons. The van der Waals surface area contributed by atoms with Gasteiger partial charge in [-0.1, -0.05) is 25.4 Å². The van der Waals surface area contributed by atoms with E-state index in [-0.39, 0.29) is 35.0 Å². The van der Waals surface area contributed by atoms with Crippen LogP contribution in [-0.4, -0.2) is 23.5 Å². The number of carbonyl (C=O) groups is 1.